The number of halogens is 1. The van der Waals surface area contributed by atoms with Gasteiger partial charge in [-0.25, -0.2) is 12.8 Å². The van der Waals surface area contributed by atoms with Crippen molar-refractivity contribution in [2.45, 2.75) is 30.2 Å². The standard InChI is InChI=1S/C23H23FN2O3S2/c24-19-11-9-17(10-12-19)22(21-8-5-15-30-21)25-23(27)18-6-4-7-20(16-18)31(28,29)26-13-2-1-3-14-26/h4-12,15-16,22H,1-3,13-14H2,(H,25,27). The molecule has 1 aliphatic heterocycles. The minimum atomic E-state index is -3.63. The molecule has 2 aromatic carbocycles. The molecule has 1 unspecified atom stereocenters. The molecule has 1 aromatic heterocycles. The number of carbonyl (C=O) groups is 1. The van der Waals surface area contributed by atoms with E-state index in [1.54, 1.807) is 24.3 Å². The fourth-order valence-corrected chi connectivity index (χ4v) is 6.06. The average Bonchev–Trinajstić information content (AvgIpc) is 3.33. The fourth-order valence-electron chi connectivity index (χ4n) is 3.70. The Bertz CT molecular complexity index is 1140. The van der Waals surface area contributed by atoms with Crippen LogP contribution in [0.5, 0.6) is 0 Å². The van der Waals surface area contributed by atoms with Crippen LogP contribution in [-0.2, 0) is 10.0 Å². The lowest BCUT2D eigenvalue weighted by Crippen LogP contribution is -2.35. The SMILES string of the molecule is O=C(NC(c1ccc(F)cc1)c1cccs1)c1cccc(S(=O)(=O)N2CCCCC2)c1. The highest BCUT2D eigenvalue weighted by molar-refractivity contribution is 7.89. The molecular weight excluding hydrogens is 435 g/mol. The van der Waals surface area contributed by atoms with Crippen LogP contribution in [0.15, 0.2) is 70.9 Å². The zero-order valence-corrected chi connectivity index (χ0v) is 18.5. The van der Waals surface area contributed by atoms with Gasteiger partial charge in [0, 0.05) is 23.5 Å². The molecule has 1 amide bonds. The highest BCUT2D eigenvalue weighted by atomic mass is 32.2. The van der Waals surface area contributed by atoms with E-state index in [9.17, 15) is 17.6 Å². The molecule has 3 aromatic rings. The molecule has 1 N–H and O–H groups in total. The maximum atomic E-state index is 13.4. The van der Waals surface area contributed by atoms with Crippen LogP contribution >= 0.6 is 11.3 Å². The largest absolute Gasteiger partial charge is 0.340 e. The monoisotopic (exact) mass is 458 g/mol. The molecule has 162 valence electrons. The van der Waals surface area contributed by atoms with Gasteiger partial charge in [-0.1, -0.05) is 30.7 Å². The highest BCUT2D eigenvalue weighted by Crippen LogP contribution is 2.27. The Morgan fingerprint density at radius 3 is 2.42 bits per heavy atom. The molecule has 5 nitrogen and oxygen atoms in total. The van der Waals surface area contributed by atoms with Crippen LogP contribution in [-0.4, -0.2) is 31.7 Å². The Hall–Kier alpha value is -2.55. The molecule has 1 aliphatic rings. The Labute approximate surface area is 185 Å². The van der Waals surface area contributed by atoms with Gasteiger partial charge in [0.2, 0.25) is 10.0 Å². The number of amides is 1. The maximum Gasteiger partial charge on any atom is 0.252 e. The molecule has 0 aliphatic carbocycles. The van der Waals surface area contributed by atoms with Gasteiger partial charge < -0.3 is 5.32 Å². The predicted octanol–water partition coefficient (Wildman–Crippen LogP) is 4.58. The number of thiophene rings is 1. The molecule has 4 rings (SSSR count). The number of rotatable bonds is 6. The second kappa shape index (κ2) is 9.30. The molecule has 2 heterocycles. The van der Waals surface area contributed by atoms with E-state index in [2.05, 4.69) is 5.32 Å². The maximum absolute atomic E-state index is 13.4. The molecule has 1 atom stereocenters. The van der Waals surface area contributed by atoms with E-state index in [4.69, 9.17) is 0 Å². The first-order valence-corrected chi connectivity index (χ1v) is 12.5. The first-order chi connectivity index (χ1) is 14.9. The zero-order chi connectivity index (χ0) is 21.8. The smallest absolute Gasteiger partial charge is 0.252 e. The third-order valence-corrected chi connectivity index (χ3v) is 8.19. The summed E-state index contributed by atoms with van der Waals surface area (Å²) in [5.74, 6) is -0.742. The van der Waals surface area contributed by atoms with Crippen LogP contribution in [0.25, 0.3) is 0 Å². The molecule has 1 saturated heterocycles. The molecule has 31 heavy (non-hydrogen) atoms. The van der Waals surface area contributed by atoms with Gasteiger partial charge in [-0.05, 0) is 60.2 Å². The van der Waals surface area contributed by atoms with Gasteiger partial charge in [0.05, 0.1) is 10.9 Å². The molecule has 0 spiro atoms. The molecule has 0 saturated carbocycles. The normalized spacial score (nSPS) is 16.0. The second-order valence-corrected chi connectivity index (χ2v) is 10.4. The predicted molar refractivity (Wildman–Crippen MR) is 119 cm³/mol. The highest BCUT2D eigenvalue weighted by Gasteiger charge is 2.27. The van der Waals surface area contributed by atoms with Crippen LogP contribution in [0.2, 0.25) is 0 Å². The summed E-state index contributed by atoms with van der Waals surface area (Å²) >= 11 is 1.48. The number of nitrogens with zero attached hydrogens (tertiary/aromatic N) is 1. The lowest BCUT2D eigenvalue weighted by atomic mass is 10.0. The van der Waals surface area contributed by atoms with Crippen LogP contribution < -0.4 is 5.32 Å². The van der Waals surface area contributed by atoms with Gasteiger partial charge in [0.1, 0.15) is 5.82 Å². The number of piperidine rings is 1. The van der Waals surface area contributed by atoms with Crippen molar-refractivity contribution in [2.24, 2.45) is 0 Å². The Balaban J connectivity index is 1.60. The van der Waals surface area contributed by atoms with E-state index >= 15 is 0 Å². The Morgan fingerprint density at radius 2 is 1.74 bits per heavy atom. The molecule has 1 fully saturated rings. The minimum Gasteiger partial charge on any atom is -0.340 e. The third kappa shape index (κ3) is 4.87. The summed E-state index contributed by atoms with van der Waals surface area (Å²) in [6.45, 7) is 1.01. The number of hydrogen-bond acceptors (Lipinski definition) is 4. The zero-order valence-electron chi connectivity index (χ0n) is 16.8. The summed E-state index contributed by atoms with van der Waals surface area (Å²) in [5.41, 5.74) is 1.01. The Kier molecular flexibility index (Phi) is 6.50. The first-order valence-electron chi connectivity index (χ1n) is 10.1. The summed E-state index contributed by atoms with van der Waals surface area (Å²) in [5, 5.41) is 4.88. The van der Waals surface area contributed by atoms with Crippen LogP contribution in [0.1, 0.15) is 46.1 Å². The topological polar surface area (TPSA) is 66.5 Å². The molecular formula is C23H23FN2O3S2. The van der Waals surface area contributed by atoms with Gasteiger partial charge in [-0.3, -0.25) is 4.79 Å². The minimum absolute atomic E-state index is 0.122. The second-order valence-electron chi connectivity index (χ2n) is 7.47. The number of benzene rings is 2. The lowest BCUT2D eigenvalue weighted by molar-refractivity contribution is 0.0943. The fraction of sp³-hybridized carbons (Fsp3) is 0.261. The van der Waals surface area contributed by atoms with Crippen molar-refractivity contribution in [2.75, 3.05) is 13.1 Å². The van der Waals surface area contributed by atoms with Crippen LogP contribution in [0.3, 0.4) is 0 Å². The summed E-state index contributed by atoms with van der Waals surface area (Å²) < 4.78 is 40.8. The molecule has 8 heteroatoms. The molecule has 0 bridgehead atoms. The molecule has 0 radical (unpaired) electrons. The first kappa shape index (κ1) is 21.7. The number of carbonyl (C=O) groups excluding carboxylic acids is 1. The van der Waals surface area contributed by atoms with Gasteiger partial charge in [-0.15, -0.1) is 11.3 Å². The van der Waals surface area contributed by atoms with E-state index in [-0.39, 0.29) is 16.3 Å². The quantitative estimate of drug-likeness (QED) is 0.588. The van der Waals surface area contributed by atoms with Gasteiger partial charge in [0.25, 0.3) is 5.91 Å². The number of sulfonamides is 1. The Morgan fingerprint density at radius 1 is 1.00 bits per heavy atom. The van der Waals surface area contributed by atoms with E-state index in [1.807, 2.05) is 17.5 Å². The van der Waals surface area contributed by atoms with Crippen molar-refractivity contribution in [3.63, 3.8) is 0 Å². The van der Waals surface area contributed by atoms with Crippen molar-refractivity contribution in [1.29, 1.82) is 0 Å². The summed E-state index contributed by atoms with van der Waals surface area (Å²) in [7, 11) is -3.63. The van der Waals surface area contributed by atoms with E-state index < -0.39 is 22.0 Å². The van der Waals surface area contributed by atoms with Crippen molar-refractivity contribution < 1.29 is 17.6 Å². The van der Waals surface area contributed by atoms with Gasteiger partial charge in [0.15, 0.2) is 0 Å². The lowest BCUT2D eigenvalue weighted by Gasteiger charge is -2.26. The third-order valence-electron chi connectivity index (χ3n) is 5.36. The summed E-state index contributed by atoms with van der Waals surface area (Å²) in [6.07, 6.45) is 2.72. The van der Waals surface area contributed by atoms with E-state index in [0.717, 1.165) is 29.7 Å². The number of hydrogen-bond donors (Lipinski definition) is 1. The van der Waals surface area contributed by atoms with Crippen molar-refractivity contribution in [3.8, 4) is 0 Å². The van der Waals surface area contributed by atoms with Gasteiger partial charge in [-0.2, -0.15) is 4.31 Å². The van der Waals surface area contributed by atoms with Crippen LogP contribution in [0, 0.1) is 5.82 Å². The number of nitrogens with one attached hydrogen (secondary N) is 1. The van der Waals surface area contributed by atoms with E-state index in [1.165, 1.54) is 39.9 Å². The summed E-state index contributed by atoms with van der Waals surface area (Å²) in [4.78, 5) is 14.1. The van der Waals surface area contributed by atoms with Crippen LogP contribution in [0.4, 0.5) is 4.39 Å². The summed E-state index contributed by atoms with van der Waals surface area (Å²) in [6, 6.07) is 15.4. The average molecular weight is 459 g/mol. The van der Waals surface area contributed by atoms with E-state index in [0.29, 0.717) is 13.1 Å². The van der Waals surface area contributed by atoms with Crippen molar-refractivity contribution in [1.82, 2.24) is 9.62 Å². The van der Waals surface area contributed by atoms with Crippen molar-refractivity contribution >= 4 is 27.3 Å². The van der Waals surface area contributed by atoms with Gasteiger partial charge >= 0.3 is 0 Å². The van der Waals surface area contributed by atoms with Crippen molar-refractivity contribution in [3.05, 3.63) is 87.9 Å².